The van der Waals surface area contributed by atoms with Gasteiger partial charge >= 0.3 is 6.18 Å². The lowest BCUT2D eigenvalue weighted by atomic mass is 10.2. The molecule has 1 aromatic rings. The van der Waals surface area contributed by atoms with Gasteiger partial charge in [0.05, 0.1) is 10.5 Å². The van der Waals surface area contributed by atoms with Gasteiger partial charge in [-0.1, -0.05) is 15.9 Å². The summed E-state index contributed by atoms with van der Waals surface area (Å²) >= 11 is 2.50. The van der Waals surface area contributed by atoms with Crippen molar-refractivity contribution in [2.45, 2.75) is 11.1 Å². The summed E-state index contributed by atoms with van der Waals surface area (Å²) in [6, 6.07) is 1.36. The topological polar surface area (TPSA) is 103 Å². The zero-order chi connectivity index (χ0) is 14.3. The van der Waals surface area contributed by atoms with Crippen molar-refractivity contribution in [3.05, 3.63) is 32.3 Å². The van der Waals surface area contributed by atoms with E-state index in [9.17, 15) is 31.7 Å². The van der Waals surface area contributed by atoms with Crippen LogP contribution in [0.15, 0.2) is 21.5 Å². The molecule has 18 heavy (non-hydrogen) atoms. The molecular formula is C7H4BrF3N2O4S. The normalized spacial score (nSPS) is 12.5. The number of primary sulfonamides is 1. The van der Waals surface area contributed by atoms with Crippen LogP contribution in [-0.4, -0.2) is 13.3 Å². The van der Waals surface area contributed by atoms with Crippen molar-refractivity contribution in [2.24, 2.45) is 5.14 Å². The summed E-state index contributed by atoms with van der Waals surface area (Å²) in [5.41, 5.74) is -2.92. The van der Waals surface area contributed by atoms with Crippen molar-refractivity contribution >= 4 is 31.6 Å². The first kappa shape index (κ1) is 14.9. The van der Waals surface area contributed by atoms with Gasteiger partial charge in [-0.2, -0.15) is 13.2 Å². The number of hydrogen-bond acceptors (Lipinski definition) is 4. The van der Waals surface area contributed by atoms with Gasteiger partial charge in [0, 0.05) is 10.5 Å². The quantitative estimate of drug-likeness (QED) is 0.652. The third-order valence-corrected chi connectivity index (χ3v) is 3.49. The number of nitrogens with two attached hydrogens (primary N) is 1. The largest absolute Gasteiger partial charge is 0.419 e. The summed E-state index contributed by atoms with van der Waals surface area (Å²) < 4.78 is 59.7. The minimum Gasteiger partial charge on any atom is -0.258 e. The van der Waals surface area contributed by atoms with E-state index in [2.05, 4.69) is 21.1 Å². The molecule has 0 aromatic heterocycles. The maximum absolute atomic E-state index is 12.7. The van der Waals surface area contributed by atoms with Gasteiger partial charge in [-0.3, -0.25) is 10.1 Å². The molecule has 1 rings (SSSR count). The number of halogens is 4. The Morgan fingerprint density at radius 3 is 2.17 bits per heavy atom. The molecular weight excluding hydrogens is 345 g/mol. The predicted molar refractivity (Wildman–Crippen MR) is 57.2 cm³/mol. The molecule has 0 atom stereocenters. The van der Waals surface area contributed by atoms with Gasteiger partial charge in [0.15, 0.2) is 4.90 Å². The molecule has 100 valence electrons. The number of hydrogen-bond donors (Lipinski definition) is 1. The molecule has 0 aliphatic rings. The average Bonchev–Trinajstić information content (AvgIpc) is 2.13. The van der Waals surface area contributed by atoms with E-state index in [1.165, 1.54) is 0 Å². The number of sulfonamides is 1. The molecule has 0 amide bonds. The first-order valence-corrected chi connectivity index (χ1v) is 6.37. The van der Waals surface area contributed by atoms with Crippen LogP contribution in [0.4, 0.5) is 18.9 Å². The standard InChI is InChI=1S/C7H4BrF3N2O4S/c8-3-1-2-4(13(14)15)6(18(12,16)17)5(3)7(9,10)11/h1-2H,(H2,12,16,17). The Hall–Kier alpha value is -1.20. The Labute approximate surface area is 107 Å². The third kappa shape index (κ3) is 2.79. The van der Waals surface area contributed by atoms with E-state index in [0.717, 1.165) is 6.07 Å². The van der Waals surface area contributed by atoms with E-state index in [1.54, 1.807) is 0 Å². The van der Waals surface area contributed by atoms with Crippen molar-refractivity contribution in [3.63, 3.8) is 0 Å². The molecule has 0 saturated heterocycles. The maximum atomic E-state index is 12.7. The molecule has 0 unspecified atom stereocenters. The van der Waals surface area contributed by atoms with Crippen molar-refractivity contribution in [2.75, 3.05) is 0 Å². The van der Waals surface area contributed by atoms with E-state index in [0.29, 0.717) is 6.07 Å². The maximum Gasteiger partial charge on any atom is 0.419 e. The van der Waals surface area contributed by atoms with Crippen LogP contribution in [-0.2, 0) is 16.2 Å². The van der Waals surface area contributed by atoms with Crippen LogP contribution < -0.4 is 5.14 Å². The molecule has 0 spiro atoms. The lowest BCUT2D eigenvalue weighted by molar-refractivity contribution is -0.388. The van der Waals surface area contributed by atoms with E-state index >= 15 is 0 Å². The van der Waals surface area contributed by atoms with Crippen LogP contribution in [0.2, 0.25) is 0 Å². The van der Waals surface area contributed by atoms with Crippen molar-refractivity contribution in [1.29, 1.82) is 0 Å². The van der Waals surface area contributed by atoms with E-state index < -0.39 is 41.7 Å². The second-order valence-corrected chi connectivity index (χ2v) is 5.42. The van der Waals surface area contributed by atoms with Gasteiger partial charge in [-0.05, 0) is 6.07 Å². The summed E-state index contributed by atoms with van der Waals surface area (Å²) in [5.74, 6) is 0. The van der Waals surface area contributed by atoms with E-state index in [-0.39, 0.29) is 0 Å². The molecule has 2 N–H and O–H groups in total. The molecule has 0 heterocycles. The Morgan fingerprint density at radius 2 is 1.83 bits per heavy atom. The van der Waals surface area contributed by atoms with Crippen molar-refractivity contribution < 1.29 is 26.5 Å². The minimum absolute atomic E-state index is 0.624. The Kier molecular flexibility index (Phi) is 3.70. The number of benzene rings is 1. The van der Waals surface area contributed by atoms with Gasteiger partial charge in [0.2, 0.25) is 10.0 Å². The zero-order valence-corrected chi connectivity index (χ0v) is 10.6. The molecule has 11 heteroatoms. The number of rotatable bonds is 2. The van der Waals surface area contributed by atoms with Crippen molar-refractivity contribution in [3.8, 4) is 0 Å². The van der Waals surface area contributed by atoms with Crippen LogP contribution >= 0.6 is 15.9 Å². The van der Waals surface area contributed by atoms with Gasteiger partial charge < -0.3 is 0 Å². The van der Waals surface area contributed by atoms with Crippen LogP contribution in [0.3, 0.4) is 0 Å². The van der Waals surface area contributed by atoms with Gasteiger partial charge in [-0.15, -0.1) is 0 Å². The second kappa shape index (κ2) is 4.48. The summed E-state index contributed by atoms with van der Waals surface area (Å²) in [6.45, 7) is 0. The van der Waals surface area contributed by atoms with Crippen molar-refractivity contribution in [1.82, 2.24) is 0 Å². The monoisotopic (exact) mass is 348 g/mol. The molecule has 0 aliphatic heterocycles. The minimum atomic E-state index is -5.10. The average molecular weight is 349 g/mol. The summed E-state index contributed by atoms with van der Waals surface area (Å²) in [7, 11) is -4.91. The highest BCUT2D eigenvalue weighted by atomic mass is 79.9. The second-order valence-electron chi connectivity index (χ2n) is 3.07. The lowest BCUT2D eigenvalue weighted by Crippen LogP contribution is -2.21. The fourth-order valence-electron chi connectivity index (χ4n) is 1.24. The molecule has 0 bridgehead atoms. The fraction of sp³-hybridized carbons (Fsp3) is 0.143. The van der Waals surface area contributed by atoms with Gasteiger partial charge in [0.1, 0.15) is 0 Å². The smallest absolute Gasteiger partial charge is 0.258 e. The van der Waals surface area contributed by atoms with Gasteiger partial charge in [0.25, 0.3) is 5.69 Å². The highest BCUT2D eigenvalue weighted by Gasteiger charge is 2.42. The Bertz CT molecular complexity index is 614. The highest BCUT2D eigenvalue weighted by molar-refractivity contribution is 9.10. The summed E-state index contributed by atoms with van der Waals surface area (Å²) in [4.78, 5) is 7.75. The van der Waals surface area contributed by atoms with Crippen LogP contribution in [0.25, 0.3) is 0 Å². The Balaban J connectivity index is 3.91. The molecule has 0 radical (unpaired) electrons. The molecule has 0 saturated carbocycles. The number of nitro groups is 1. The van der Waals surface area contributed by atoms with Crippen LogP contribution in [0.1, 0.15) is 5.56 Å². The lowest BCUT2D eigenvalue weighted by Gasteiger charge is -2.13. The molecule has 6 nitrogen and oxygen atoms in total. The zero-order valence-electron chi connectivity index (χ0n) is 8.23. The highest BCUT2D eigenvalue weighted by Crippen LogP contribution is 2.42. The first-order chi connectivity index (χ1) is 7.96. The third-order valence-electron chi connectivity index (χ3n) is 1.85. The van der Waals surface area contributed by atoms with Gasteiger partial charge in [-0.25, -0.2) is 13.6 Å². The predicted octanol–water partition coefficient (Wildman–Crippen LogP) is 2.02. The summed E-state index contributed by atoms with van der Waals surface area (Å²) in [6.07, 6.45) is -5.10. The first-order valence-electron chi connectivity index (χ1n) is 4.03. The van der Waals surface area contributed by atoms with E-state index in [4.69, 9.17) is 0 Å². The number of nitrogens with zero attached hydrogens (tertiary/aromatic N) is 1. The summed E-state index contributed by atoms with van der Waals surface area (Å²) in [5, 5.41) is 15.2. The Morgan fingerprint density at radius 1 is 1.33 bits per heavy atom. The number of alkyl halides is 3. The van der Waals surface area contributed by atoms with Crippen LogP contribution in [0, 0.1) is 10.1 Å². The fourth-order valence-corrected chi connectivity index (χ4v) is 2.87. The molecule has 0 aliphatic carbocycles. The van der Waals surface area contributed by atoms with Crippen LogP contribution in [0.5, 0.6) is 0 Å². The van der Waals surface area contributed by atoms with E-state index in [1.807, 2.05) is 0 Å². The number of nitro benzene ring substituents is 1. The molecule has 0 fully saturated rings. The molecule has 1 aromatic carbocycles. The SMILES string of the molecule is NS(=O)(=O)c1c([N+](=O)[O-])ccc(Br)c1C(F)(F)F.